The standard InChI is InChI=1S/C22H26N4O3/c1-6-26(17-9-7-8-15(2)10-17)21-13-20(23-14-24-21)25-16-11-18(27-3)22(29-5)19(12-16)28-4/h7-14H,6H2,1-5H3,(H,23,24,25). The fourth-order valence-electron chi connectivity index (χ4n) is 3.14. The predicted octanol–water partition coefficient (Wildman–Crippen LogP) is 4.71. The Labute approximate surface area is 171 Å². The first-order valence-corrected chi connectivity index (χ1v) is 9.32. The lowest BCUT2D eigenvalue weighted by Crippen LogP contribution is -2.17. The molecule has 29 heavy (non-hydrogen) atoms. The molecule has 0 aliphatic carbocycles. The van der Waals surface area contributed by atoms with Crippen LogP contribution in [0.15, 0.2) is 48.8 Å². The van der Waals surface area contributed by atoms with Crippen LogP contribution >= 0.6 is 0 Å². The maximum Gasteiger partial charge on any atom is 0.203 e. The summed E-state index contributed by atoms with van der Waals surface area (Å²) in [5.41, 5.74) is 3.05. The van der Waals surface area contributed by atoms with E-state index in [2.05, 4.69) is 52.2 Å². The molecule has 1 N–H and O–H groups in total. The van der Waals surface area contributed by atoms with Gasteiger partial charge in [-0.25, -0.2) is 9.97 Å². The van der Waals surface area contributed by atoms with Gasteiger partial charge in [-0.2, -0.15) is 0 Å². The highest BCUT2D eigenvalue weighted by molar-refractivity contribution is 5.69. The SMILES string of the molecule is CCN(c1cccc(C)c1)c1cc(Nc2cc(OC)c(OC)c(OC)c2)ncn1. The first-order chi connectivity index (χ1) is 14.1. The van der Waals surface area contributed by atoms with Crippen molar-refractivity contribution in [2.45, 2.75) is 13.8 Å². The third-order valence-electron chi connectivity index (χ3n) is 4.50. The minimum absolute atomic E-state index is 0.542. The van der Waals surface area contributed by atoms with Gasteiger partial charge in [0.25, 0.3) is 0 Å². The Morgan fingerprint density at radius 2 is 1.66 bits per heavy atom. The van der Waals surface area contributed by atoms with Gasteiger partial charge >= 0.3 is 0 Å². The molecule has 0 spiro atoms. The molecule has 3 aromatic rings. The number of hydrogen-bond acceptors (Lipinski definition) is 7. The summed E-state index contributed by atoms with van der Waals surface area (Å²) in [5, 5.41) is 3.29. The lowest BCUT2D eigenvalue weighted by atomic mass is 10.2. The maximum absolute atomic E-state index is 5.42. The van der Waals surface area contributed by atoms with E-state index in [-0.39, 0.29) is 0 Å². The number of ether oxygens (including phenoxy) is 3. The van der Waals surface area contributed by atoms with Gasteiger partial charge in [-0.3, -0.25) is 0 Å². The molecule has 0 radical (unpaired) electrons. The minimum atomic E-state index is 0.542. The van der Waals surface area contributed by atoms with Crippen molar-refractivity contribution in [3.05, 3.63) is 54.4 Å². The van der Waals surface area contributed by atoms with Crippen LogP contribution in [-0.4, -0.2) is 37.8 Å². The number of rotatable bonds is 8. The second kappa shape index (κ2) is 9.14. The van der Waals surface area contributed by atoms with Gasteiger partial charge in [0.05, 0.1) is 21.3 Å². The second-order valence-corrected chi connectivity index (χ2v) is 6.38. The van der Waals surface area contributed by atoms with Gasteiger partial charge in [0.15, 0.2) is 11.5 Å². The Morgan fingerprint density at radius 1 is 0.931 bits per heavy atom. The van der Waals surface area contributed by atoms with Crippen molar-refractivity contribution in [1.29, 1.82) is 0 Å². The van der Waals surface area contributed by atoms with E-state index in [0.717, 1.165) is 23.7 Å². The van der Waals surface area contributed by atoms with Gasteiger partial charge in [0, 0.05) is 36.1 Å². The summed E-state index contributed by atoms with van der Waals surface area (Å²) in [6, 6.07) is 13.9. The van der Waals surface area contributed by atoms with E-state index < -0.39 is 0 Å². The third-order valence-corrected chi connectivity index (χ3v) is 4.50. The van der Waals surface area contributed by atoms with E-state index >= 15 is 0 Å². The number of aryl methyl sites for hydroxylation is 1. The van der Waals surface area contributed by atoms with Gasteiger partial charge in [-0.15, -0.1) is 0 Å². The zero-order valence-corrected chi connectivity index (χ0v) is 17.4. The molecule has 0 aliphatic heterocycles. The first-order valence-electron chi connectivity index (χ1n) is 9.32. The first kappa shape index (κ1) is 20.3. The van der Waals surface area contributed by atoms with Crippen LogP contribution in [0, 0.1) is 6.92 Å². The van der Waals surface area contributed by atoms with E-state index in [1.807, 2.05) is 24.3 Å². The molecule has 0 aliphatic rings. The number of nitrogens with zero attached hydrogens (tertiary/aromatic N) is 3. The summed E-state index contributed by atoms with van der Waals surface area (Å²) in [7, 11) is 4.75. The second-order valence-electron chi connectivity index (χ2n) is 6.38. The number of anilines is 4. The molecule has 7 nitrogen and oxygen atoms in total. The van der Waals surface area contributed by atoms with Crippen molar-refractivity contribution in [3.63, 3.8) is 0 Å². The van der Waals surface area contributed by atoms with Crippen molar-refractivity contribution in [2.75, 3.05) is 38.1 Å². The molecule has 0 fully saturated rings. The smallest absolute Gasteiger partial charge is 0.203 e. The summed E-state index contributed by atoms with van der Waals surface area (Å²) >= 11 is 0. The molecule has 0 atom stereocenters. The monoisotopic (exact) mass is 394 g/mol. The number of nitrogens with one attached hydrogen (secondary N) is 1. The lowest BCUT2D eigenvalue weighted by Gasteiger charge is -2.23. The number of hydrogen-bond donors (Lipinski definition) is 1. The Morgan fingerprint density at radius 3 is 2.24 bits per heavy atom. The van der Waals surface area contributed by atoms with Crippen LogP contribution in [0.3, 0.4) is 0 Å². The van der Waals surface area contributed by atoms with E-state index in [9.17, 15) is 0 Å². The molecular weight excluding hydrogens is 368 g/mol. The molecule has 0 bridgehead atoms. The predicted molar refractivity (Wildman–Crippen MR) is 115 cm³/mol. The average Bonchev–Trinajstić information content (AvgIpc) is 2.74. The van der Waals surface area contributed by atoms with E-state index in [4.69, 9.17) is 14.2 Å². The molecule has 0 saturated heterocycles. The summed E-state index contributed by atoms with van der Waals surface area (Å²) in [6.45, 7) is 4.95. The molecule has 7 heteroatoms. The molecule has 0 amide bonds. The highest BCUT2D eigenvalue weighted by atomic mass is 16.5. The Bertz CT molecular complexity index is 953. The van der Waals surface area contributed by atoms with Crippen molar-refractivity contribution < 1.29 is 14.2 Å². The molecule has 1 heterocycles. The quantitative estimate of drug-likeness (QED) is 0.593. The van der Waals surface area contributed by atoms with Gasteiger partial charge in [0.1, 0.15) is 18.0 Å². The zero-order valence-electron chi connectivity index (χ0n) is 17.4. The minimum Gasteiger partial charge on any atom is -0.493 e. The fourth-order valence-corrected chi connectivity index (χ4v) is 3.14. The van der Waals surface area contributed by atoms with Crippen LogP contribution in [-0.2, 0) is 0 Å². The van der Waals surface area contributed by atoms with Crippen LogP contribution in [0.2, 0.25) is 0 Å². The van der Waals surface area contributed by atoms with Crippen LogP contribution in [0.25, 0.3) is 0 Å². The van der Waals surface area contributed by atoms with Gasteiger partial charge < -0.3 is 24.4 Å². The number of benzene rings is 2. The Hall–Kier alpha value is -3.48. The Balaban J connectivity index is 1.92. The highest BCUT2D eigenvalue weighted by Crippen LogP contribution is 2.40. The summed E-state index contributed by atoms with van der Waals surface area (Å²) < 4.78 is 16.2. The van der Waals surface area contributed by atoms with E-state index in [1.165, 1.54) is 5.56 Å². The molecule has 1 aromatic heterocycles. The van der Waals surface area contributed by atoms with E-state index in [1.54, 1.807) is 27.7 Å². The number of methoxy groups -OCH3 is 3. The summed E-state index contributed by atoms with van der Waals surface area (Å²) in [4.78, 5) is 10.9. The van der Waals surface area contributed by atoms with Crippen LogP contribution in [0.1, 0.15) is 12.5 Å². The number of aromatic nitrogens is 2. The zero-order chi connectivity index (χ0) is 20.8. The molecule has 3 rings (SSSR count). The summed E-state index contributed by atoms with van der Waals surface area (Å²) in [5.74, 6) is 3.15. The molecular formula is C22H26N4O3. The van der Waals surface area contributed by atoms with Gasteiger partial charge in [0.2, 0.25) is 5.75 Å². The van der Waals surface area contributed by atoms with Crippen molar-refractivity contribution in [3.8, 4) is 17.2 Å². The van der Waals surface area contributed by atoms with Gasteiger partial charge in [-0.05, 0) is 31.5 Å². The maximum atomic E-state index is 5.42. The third kappa shape index (κ3) is 4.51. The average molecular weight is 394 g/mol. The van der Waals surface area contributed by atoms with Crippen molar-refractivity contribution >= 4 is 23.0 Å². The topological polar surface area (TPSA) is 68.7 Å². The van der Waals surface area contributed by atoms with E-state index in [0.29, 0.717) is 23.1 Å². The van der Waals surface area contributed by atoms with Crippen molar-refractivity contribution in [2.24, 2.45) is 0 Å². The summed E-state index contributed by atoms with van der Waals surface area (Å²) in [6.07, 6.45) is 1.55. The highest BCUT2D eigenvalue weighted by Gasteiger charge is 2.15. The van der Waals surface area contributed by atoms with Crippen molar-refractivity contribution in [1.82, 2.24) is 9.97 Å². The molecule has 152 valence electrons. The molecule has 0 unspecified atom stereocenters. The van der Waals surface area contributed by atoms with Crippen LogP contribution < -0.4 is 24.4 Å². The normalized spacial score (nSPS) is 10.4. The lowest BCUT2D eigenvalue weighted by molar-refractivity contribution is 0.324. The van der Waals surface area contributed by atoms with Gasteiger partial charge in [-0.1, -0.05) is 12.1 Å². The molecule has 2 aromatic carbocycles. The van der Waals surface area contributed by atoms with Crippen LogP contribution in [0.5, 0.6) is 17.2 Å². The fraction of sp³-hybridized carbons (Fsp3) is 0.273. The largest absolute Gasteiger partial charge is 0.493 e. The van der Waals surface area contributed by atoms with Crippen LogP contribution in [0.4, 0.5) is 23.0 Å². The molecule has 0 saturated carbocycles. The Kier molecular flexibility index (Phi) is 6.39.